The fraction of sp³-hybridized carbons (Fsp3) is 0.375. The van der Waals surface area contributed by atoms with E-state index in [1.165, 1.54) is 0 Å². The zero-order chi connectivity index (χ0) is 14.1. The Morgan fingerprint density at radius 2 is 2.00 bits per heavy atom. The number of pyridine rings is 1. The highest BCUT2D eigenvalue weighted by atomic mass is 19.4. The molecule has 1 N–H and O–H groups in total. The van der Waals surface area contributed by atoms with Crippen LogP contribution >= 0.6 is 0 Å². The first-order valence-corrected chi connectivity index (χ1v) is 4.32. The normalized spacial score (nSPS) is 11.9. The molecule has 0 unspecified atom stereocenters. The van der Waals surface area contributed by atoms with Crippen molar-refractivity contribution in [2.75, 3.05) is 0 Å². The van der Waals surface area contributed by atoms with Gasteiger partial charge in [0, 0.05) is 6.20 Å². The summed E-state index contributed by atoms with van der Waals surface area (Å²) in [6, 6.07) is 0. The molecule has 5 nitrogen and oxygen atoms in total. The molecule has 0 saturated heterocycles. The number of nitro groups is 1. The maximum absolute atomic E-state index is 12.4. The van der Waals surface area contributed by atoms with E-state index < -0.39 is 46.6 Å². The van der Waals surface area contributed by atoms with Crippen molar-refractivity contribution in [3.63, 3.8) is 0 Å². The molecular weight excluding hydrogens is 267 g/mol. The average molecular weight is 272 g/mol. The summed E-state index contributed by atoms with van der Waals surface area (Å²) in [4.78, 5) is 11.9. The first-order chi connectivity index (χ1) is 8.20. The quantitative estimate of drug-likeness (QED) is 0.521. The number of halogens is 5. The highest BCUT2D eigenvalue weighted by molar-refractivity contribution is 5.50. The van der Waals surface area contributed by atoms with Gasteiger partial charge in [-0.1, -0.05) is 0 Å². The molecule has 0 aliphatic carbocycles. The van der Waals surface area contributed by atoms with Crippen molar-refractivity contribution in [1.29, 1.82) is 0 Å². The molecule has 0 aliphatic rings. The molecule has 10 heteroatoms. The Morgan fingerprint density at radius 1 is 1.44 bits per heavy atom. The maximum atomic E-state index is 12.4. The lowest BCUT2D eigenvalue weighted by atomic mass is 10.1. The lowest BCUT2D eigenvalue weighted by Gasteiger charge is -2.12. The number of alkyl halides is 5. The topological polar surface area (TPSA) is 76.3 Å². The van der Waals surface area contributed by atoms with Gasteiger partial charge in [0.05, 0.1) is 17.1 Å². The highest BCUT2D eigenvalue weighted by Gasteiger charge is 2.42. The van der Waals surface area contributed by atoms with E-state index in [1.807, 2.05) is 0 Å². The van der Waals surface area contributed by atoms with Gasteiger partial charge in [0.25, 0.3) is 12.1 Å². The number of hydrogen-bond donors (Lipinski definition) is 1. The molecule has 0 bridgehead atoms. The molecule has 0 amide bonds. The minimum atomic E-state index is -5.13. The van der Waals surface area contributed by atoms with Crippen LogP contribution < -0.4 is 0 Å². The van der Waals surface area contributed by atoms with E-state index in [0.29, 0.717) is 0 Å². The lowest BCUT2D eigenvalue weighted by Crippen LogP contribution is -2.14. The smallest absolute Gasteiger partial charge is 0.391 e. The Kier molecular flexibility index (Phi) is 3.79. The van der Waals surface area contributed by atoms with E-state index in [-0.39, 0.29) is 6.20 Å². The van der Waals surface area contributed by atoms with Gasteiger partial charge in [0.1, 0.15) is 5.69 Å². The van der Waals surface area contributed by atoms with Crippen LogP contribution in [0.2, 0.25) is 0 Å². The summed E-state index contributed by atoms with van der Waals surface area (Å²) in [6.45, 7) is -1.34. The summed E-state index contributed by atoms with van der Waals surface area (Å²) in [5.41, 5.74) is -5.75. The molecule has 0 atom stereocenters. The molecular formula is C8H5F5N2O3. The van der Waals surface area contributed by atoms with E-state index in [2.05, 4.69) is 4.98 Å². The van der Waals surface area contributed by atoms with E-state index >= 15 is 0 Å². The second-order valence-corrected chi connectivity index (χ2v) is 3.10. The van der Waals surface area contributed by atoms with Crippen LogP contribution in [0.15, 0.2) is 6.20 Å². The van der Waals surface area contributed by atoms with Crippen molar-refractivity contribution in [1.82, 2.24) is 4.98 Å². The number of rotatable bonds is 3. The fourth-order valence-electron chi connectivity index (χ4n) is 1.32. The number of aliphatic hydroxyl groups is 1. The number of aliphatic hydroxyl groups excluding tert-OH is 1. The van der Waals surface area contributed by atoms with Crippen molar-refractivity contribution < 1.29 is 32.0 Å². The predicted molar refractivity (Wildman–Crippen MR) is 46.8 cm³/mol. The molecule has 1 rings (SSSR count). The molecule has 0 saturated carbocycles. The van der Waals surface area contributed by atoms with Crippen LogP contribution in [0.4, 0.5) is 27.6 Å². The Balaban J connectivity index is 3.64. The predicted octanol–water partition coefficient (Wildman–Crippen LogP) is 2.44. The van der Waals surface area contributed by atoms with Gasteiger partial charge >= 0.3 is 6.18 Å². The van der Waals surface area contributed by atoms with E-state index in [9.17, 15) is 32.1 Å². The second kappa shape index (κ2) is 4.80. The zero-order valence-corrected chi connectivity index (χ0v) is 8.41. The van der Waals surface area contributed by atoms with Gasteiger partial charge in [-0.3, -0.25) is 15.1 Å². The van der Waals surface area contributed by atoms with Crippen molar-refractivity contribution in [3.05, 3.63) is 33.1 Å². The Morgan fingerprint density at radius 3 is 2.33 bits per heavy atom. The molecule has 1 aromatic rings. The van der Waals surface area contributed by atoms with Crippen molar-refractivity contribution in [3.8, 4) is 0 Å². The van der Waals surface area contributed by atoms with Crippen molar-refractivity contribution in [2.45, 2.75) is 19.2 Å². The van der Waals surface area contributed by atoms with Crippen LogP contribution in [0.25, 0.3) is 0 Å². The monoisotopic (exact) mass is 272 g/mol. The zero-order valence-electron chi connectivity index (χ0n) is 8.41. The second-order valence-electron chi connectivity index (χ2n) is 3.10. The Bertz CT molecular complexity index is 475. The molecule has 0 radical (unpaired) electrons. The fourth-order valence-corrected chi connectivity index (χ4v) is 1.32. The van der Waals surface area contributed by atoms with E-state index in [0.717, 1.165) is 0 Å². The molecule has 0 fully saturated rings. The maximum Gasteiger partial charge on any atom is 0.424 e. The molecule has 0 aliphatic heterocycles. The van der Waals surface area contributed by atoms with Crippen molar-refractivity contribution in [2.24, 2.45) is 0 Å². The molecule has 100 valence electrons. The Hall–Kier alpha value is -1.84. The standard InChI is InChI=1S/C8H5F5N2O3/c9-7(10)5-3(2-16)6(15(17)18)4(1-14-5)8(11,12)13/h1,7,16H,2H2. The van der Waals surface area contributed by atoms with Gasteiger partial charge in [-0.05, 0) is 0 Å². The van der Waals surface area contributed by atoms with Crippen molar-refractivity contribution >= 4 is 5.69 Å². The van der Waals surface area contributed by atoms with Gasteiger partial charge in [-0.2, -0.15) is 13.2 Å². The van der Waals surface area contributed by atoms with Crippen LogP contribution in [-0.4, -0.2) is 15.0 Å². The first-order valence-electron chi connectivity index (χ1n) is 4.32. The third kappa shape index (κ3) is 2.53. The Labute approximate surface area is 96.0 Å². The summed E-state index contributed by atoms with van der Waals surface area (Å²) in [5, 5.41) is 19.3. The number of aromatic nitrogens is 1. The number of nitrogens with zero attached hydrogens (tertiary/aromatic N) is 2. The third-order valence-electron chi connectivity index (χ3n) is 2.04. The van der Waals surface area contributed by atoms with Crippen LogP contribution in [0.5, 0.6) is 0 Å². The van der Waals surface area contributed by atoms with Gasteiger partial charge in [-0.15, -0.1) is 0 Å². The van der Waals surface area contributed by atoms with E-state index in [4.69, 9.17) is 5.11 Å². The minimum absolute atomic E-state index is 0.0429. The summed E-state index contributed by atoms with van der Waals surface area (Å²) in [5.74, 6) is 0. The summed E-state index contributed by atoms with van der Waals surface area (Å²) in [7, 11) is 0. The van der Waals surface area contributed by atoms with Gasteiger partial charge in [-0.25, -0.2) is 8.78 Å². The molecule has 1 heterocycles. The van der Waals surface area contributed by atoms with Gasteiger partial charge in [0.2, 0.25) is 0 Å². The number of hydrogen-bond acceptors (Lipinski definition) is 4. The lowest BCUT2D eigenvalue weighted by molar-refractivity contribution is -0.389. The summed E-state index contributed by atoms with van der Waals surface area (Å²) >= 11 is 0. The third-order valence-corrected chi connectivity index (χ3v) is 2.04. The summed E-state index contributed by atoms with van der Waals surface area (Å²) < 4.78 is 62.2. The SMILES string of the molecule is O=[N+]([O-])c1c(C(F)(F)F)cnc(C(F)F)c1CO. The van der Waals surface area contributed by atoms with Crippen LogP contribution in [0.1, 0.15) is 23.2 Å². The van der Waals surface area contributed by atoms with Gasteiger partial charge in [0.15, 0.2) is 5.56 Å². The molecule has 0 aromatic carbocycles. The van der Waals surface area contributed by atoms with Gasteiger partial charge < -0.3 is 5.11 Å². The minimum Gasteiger partial charge on any atom is -0.391 e. The highest BCUT2D eigenvalue weighted by Crippen LogP contribution is 2.39. The molecule has 18 heavy (non-hydrogen) atoms. The molecule has 1 aromatic heterocycles. The van der Waals surface area contributed by atoms with E-state index in [1.54, 1.807) is 0 Å². The average Bonchev–Trinajstić information content (AvgIpc) is 2.25. The van der Waals surface area contributed by atoms with Crippen LogP contribution in [0.3, 0.4) is 0 Å². The molecule has 0 spiro atoms. The largest absolute Gasteiger partial charge is 0.424 e. The summed E-state index contributed by atoms with van der Waals surface area (Å²) in [6.07, 6.45) is -8.49. The van der Waals surface area contributed by atoms with Crippen LogP contribution in [-0.2, 0) is 12.8 Å². The first kappa shape index (κ1) is 14.2. The van der Waals surface area contributed by atoms with Crippen LogP contribution in [0, 0.1) is 10.1 Å².